The summed E-state index contributed by atoms with van der Waals surface area (Å²) in [6.45, 7) is 7.15. The Kier molecular flexibility index (Phi) is 4.18. The van der Waals surface area contributed by atoms with E-state index in [0.29, 0.717) is 6.04 Å². The van der Waals surface area contributed by atoms with Crippen LogP contribution in [0.25, 0.3) is 0 Å². The van der Waals surface area contributed by atoms with E-state index in [4.69, 9.17) is 4.74 Å². The van der Waals surface area contributed by atoms with Crippen molar-refractivity contribution >= 4 is 0 Å². The van der Waals surface area contributed by atoms with E-state index in [0.717, 1.165) is 25.7 Å². The zero-order valence-electron chi connectivity index (χ0n) is 11.1. The lowest BCUT2D eigenvalue weighted by atomic mass is 9.93. The lowest BCUT2D eigenvalue weighted by molar-refractivity contribution is 0.0558. The highest BCUT2D eigenvalue weighted by Crippen LogP contribution is 2.19. The first-order valence-electron chi connectivity index (χ1n) is 6.47. The summed E-state index contributed by atoms with van der Waals surface area (Å²) in [6.07, 6.45) is 4.32. The van der Waals surface area contributed by atoms with Crippen molar-refractivity contribution in [2.45, 2.75) is 39.3 Å². The second-order valence-corrected chi connectivity index (χ2v) is 5.00. The number of nitrogens with zero attached hydrogens (tertiary/aromatic N) is 2. The van der Waals surface area contributed by atoms with Crippen molar-refractivity contribution in [3.8, 4) is 0 Å². The number of aromatic nitrogens is 2. The van der Waals surface area contributed by atoms with Crippen LogP contribution in [-0.4, -0.2) is 29.0 Å². The highest BCUT2D eigenvalue weighted by molar-refractivity contribution is 5.15. The molecule has 0 amide bonds. The van der Waals surface area contributed by atoms with Gasteiger partial charge in [-0.1, -0.05) is 0 Å². The smallest absolute Gasteiger partial charge is 0.0537 e. The van der Waals surface area contributed by atoms with Crippen molar-refractivity contribution in [1.82, 2.24) is 15.1 Å². The van der Waals surface area contributed by atoms with Gasteiger partial charge in [-0.25, -0.2) is 0 Å². The molecule has 96 valence electrons. The van der Waals surface area contributed by atoms with Crippen LogP contribution in [0.15, 0.2) is 6.20 Å². The van der Waals surface area contributed by atoms with Crippen LogP contribution in [0.2, 0.25) is 0 Å². The summed E-state index contributed by atoms with van der Waals surface area (Å²) in [5, 5.41) is 7.88. The molecule has 1 aromatic rings. The van der Waals surface area contributed by atoms with Gasteiger partial charge in [-0.15, -0.1) is 0 Å². The zero-order chi connectivity index (χ0) is 12.3. The molecule has 1 fully saturated rings. The first kappa shape index (κ1) is 12.6. The molecule has 0 spiro atoms. The molecule has 1 aliphatic rings. The summed E-state index contributed by atoms with van der Waals surface area (Å²) >= 11 is 0. The van der Waals surface area contributed by atoms with Crippen LogP contribution < -0.4 is 5.32 Å². The van der Waals surface area contributed by atoms with Gasteiger partial charge >= 0.3 is 0 Å². The second kappa shape index (κ2) is 5.65. The van der Waals surface area contributed by atoms with Gasteiger partial charge in [0.15, 0.2) is 0 Å². The molecule has 1 N–H and O–H groups in total. The SMILES string of the molecule is Cc1c(CNC(C)C2CCOCC2)cnn1C. The molecular weight excluding hydrogens is 214 g/mol. The third kappa shape index (κ3) is 3.07. The van der Waals surface area contributed by atoms with Crippen molar-refractivity contribution in [3.05, 3.63) is 17.5 Å². The van der Waals surface area contributed by atoms with E-state index in [1.165, 1.54) is 24.1 Å². The molecule has 4 nitrogen and oxygen atoms in total. The second-order valence-electron chi connectivity index (χ2n) is 5.00. The van der Waals surface area contributed by atoms with E-state index >= 15 is 0 Å². The van der Waals surface area contributed by atoms with Gasteiger partial charge in [-0.05, 0) is 32.6 Å². The molecule has 1 unspecified atom stereocenters. The largest absolute Gasteiger partial charge is 0.381 e. The Morgan fingerprint density at radius 2 is 2.24 bits per heavy atom. The van der Waals surface area contributed by atoms with Crippen molar-refractivity contribution in [1.29, 1.82) is 0 Å². The summed E-state index contributed by atoms with van der Waals surface area (Å²) in [6, 6.07) is 0.554. The third-order valence-corrected chi connectivity index (χ3v) is 3.92. The predicted molar refractivity (Wildman–Crippen MR) is 67.8 cm³/mol. The standard InChI is InChI=1S/C13H23N3O/c1-10(12-4-6-17-7-5-12)14-8-13-9-15-16(3)11(13)2/h9-10,12,14H,4-8H2,1-3H3. The summed E-state index contributed by atoms with van der Waals surface area (Å²) in [5.41, 5.74) is 2.54. The molecule has 0 saturated carbocycles. The minimum absolute atomic E-state index is 0.554. The Balaban J connectivity index is 1.83. The quantitative estimate of drug-likeness (QED) is 0.865. The number of nitrogens with one attached hydrogen (secondary N) is 1. The Morgan fingerprint density at radius 3 is 2.82 bits per heavy atom. The molecule has 4 heteroatoms. The van der Waals surface area contributed by atoms with Crippen molar-refractivity contribution in [3.63, 3.8) is 0 Å². The fourth-order valence-electron chi connectivity index (χ4n) is 2.37. The molecular formula is C13H23N3O. The fourth-order valence-corrected chi connectivity index (χ4v) is 2.37. The number of hydrogen-bond donors (Lipinski definition) is 1. The van der Waals surface area contributed by atoms with Gasteiger partial charge in [0.1, 0.15) is 0 Å². The third-order valence-electron chi connectivity index (χ3n) is 3.92. The number of hydrogen-bond acceptors (Lipinski definition) is 3. The molecule has 0 aromatic carbocycles. The lowest BCUT2D eigenvalue weighted by Crippen LogP contribution is -2.36. The average Bonchev–Trinajstić information content (AvgIpc) is 2.68. The summed E-state index contributed by atoms with van der Waals surface area (Å²) < 4.78 is 7.32. The Morgan fingerprint density at radius 1 is 1.53 bits per heavy atom. The molecule has 1 saturated heterocycles. The van der Waals surface area contributed by atoms with Gasteiger partial charge in [-0.2, -0.15) is 5.10 Å². The molecule has 1 aromatic heterocycles. The average molecular weight is 237 g/mol. The minimum Gasteiger partial charge on any atom is -0.381 e. The van der Waals surface area contributed by atoms with Gasteiger partial charge in [0, 0.05) is 44.1 Å². The number of rotatable bonds is 4. The zero-order valence-corrected chi connectivity index (χ0v) is 11.1. The molecule has 1 atom stereocenters. The number of ether oxygens (including phenoxy) is 1. The Hall–Kier alpha value is -0.870. The lowest BCUT2D eigenvalue weighted by Gasteiger charge is -2.28. The molecule has 2 rings (SSSR count). The van der Waals surface area contributed by atoms with Gasteiger partial charge in [0.2, 0.25) is 0 Å². The highest BCUT2D eigenvalue weighted by atomic mass is 16.5. The van der Waals surface area contributed by atoms with Crippen LogP contribution in [0, 0.1) is 12.8 Å². The van der Waals surface area contributed by atoms with Crippen molar-refractivity contribution in [2.24, 2.45) is 13.0 Å². The van der Waals surface area contributed by atoms with E-state index in [2.05, 4.69) is 24.3 Å². The summed E-state index contributed by atoms with van der Waals surface area (Å²) in [7, 11) is 1.99. The van der Waals surface area contributed by atoms with E-state index in [1.54, 1.807) is 0 Å². The van der Waals surface area contributed by atoms with E-state index in [-0.39, 0.29) is 0 Å². The highest BCUT2D eigenvalue weighted by Gasteiger charge is 2.20. The van der Waals surface area contributed by atoms with Crippen LogP contribution in [0.3, 0.4) is 0 Å². The van der Waals surface area contributed by atoms with Crippen LogP contribution in [0.4, 0.5) is 0 Å². The maximum absolute atomic E-state index is 5.39. The van der Waals surface area contributed by atoms with Gasteiger partial charge in [0.25, 0.3) is 0 Å². The fraction of sp³-hybridized carbons (Fsp3) is 0.769. The maximum Gasteiger partial charge on any atom is 0.0537 e. The summed E-state index contributed by atoms with van der Waals surface area (Å²) in [5.74, 6) is 0.751. The van der Waals surface area contributed by atoms with E-state index in [1.807, 2.05) is 17.9 Å². The molecule has 1 aliphatic heterocycles. The van der Waals surface area contributed by atoms with Gasteiger partial charge in [0.05, 0.1) is 6.20 Å². The number of aryl methyl sites for hydroxylation is 1. The topological polar surface area (TPSA) is 39.1 Å². The summed E-state index contributed by atoms with van der Waals surface area (Å²) in [4.78, 5) is 0. The van der Waals surface area contributed by atoms with Gasteiger partial charge < -0.3 is 10.1 Å². The Bertz CT molecular complexity index is 356. The molecule has 0 radical (unpaired) electrons. The van der Waals surface area contributed by atoms with Gasteiger partial charge in [-0.3, -0.25) is 4.68 Å². The normalized spacial score (nSPS) is 19.5. The van der Waals surface area contributed by atoms with Crippen LogP contribution in [0.5, 0.6) is 0 Å². The first-order chi connectivity index (χ1) is 8.18. The van der Waals surface area contributed by atoms with E-state index < -0.39 is 0 Å². The maximum atomic E-state index is 5.39. The Labute approximate surface area is 103 Å². The predicted octanol–water partition coefficient (Wildman–Crippen LogP) is 1.63. The van der Waals surface area contributed by atoms with Crippen LogP contribution in [-0.2, 0) is 18.3 Å². The molecule has 2 heterocycles. The molecule has 0 aliphatic carbocycles. The first-order valence-corrected chi connectivity index (χ1v) is 6.47. The van der Waals surface area contributed by atoms with Crippen LogP contribution in [0.1, 0.15) is 31.0 Å². The van der Waals surface area contributed by atoms with Crippen LogP contribution >= 0.6 is 0 Å². The minimum atomic E-state index is 0.554. The molecule has 17 heavy (non-hydrogen) atoms. The monoisotopic (exact) mass is 237 g/mol. The van der Waals surface area contributed by atoms with E-state index in [9.17, 15) is 0 Å². The van der Waals surface area contributed by atoms with Crippen molar-refractivity contribution < 1.29 is 4.74 Å². The molecule has 0 bridgehead atoms. The van der Waals surface area contributed by atoms with Crippen molar-refractivity contribution in [2.75, 3.05) is 13.2 Å².